The lowest BCUT2D eigenvalue weighted by molar-refractivity contribution is -0.186. The van der Waals surface area contributed by atoms with Crippen molar-refractivity contribution < 1.29 is 69.4 Å². The Morgan fingerprint density at radius 3 is 2.39 bits per heavy atom. The Kier molecular flexibility index (Phi) is 8.19. The lowest BCUT2D eigenvalue weighted by Crippen LogP contribution is -2.52. The van der Waals surface area contributed by atoms with Crippen molar-refractivity contribution in [3.63, 3.8) is 0 Å². The maximum absolute atomic E-state index is 13.9. The largest absolute Gasteiger partial charge is 0.458 e. The molecule has 6 fully saturated rings. The molecule has 10 unspecified atom stereocenters. The van der Waals surface area contributed by atoms with Gasteiger partial charge in [-0.05, 0) is 63.7 Å². The van der Waals surface area contributed by atoms with E-state index in [1.165, 1.54) is 6.42 Å². The van der Waals surface area contributed by atoms with Gasteiger partial charge in [0.05, 0.1) is 0 Å². The molecule has 44 heavy (non-hydrogen) atoms. The van der Waals surface area contributed by atoms with Gasteiger partial charge in [-0.15, -0.1) is 0 Å². The number of carbonyl (C=O) groups excluding carboxylic acids is 4. The summed E-state index contributed by atoms with van der Waals surface area (Å²) < 4.78 is 89.8. The molecule has 3 aliphatic heterocycles. The summed E-state index contributed by atoms with van der Waals surface area (Å²) in [6, 6.07) is 0. The first-order valence-electron chi connectivity index (χ1n) is 15.1. The highest BCUT2D eigenvalue weighted by atomic mass is 32.2. The molecule has 10 atom stereocenters. The smallest absolute Gasteiger partial charge is 0.405 e. The highest BCUT2D eigenvalue weighted by molar-refractivity contribution is 7.86. The Labute approximate surface area is 252 Å². The molecule has 246 valence electrons. The van der Waals surface area contributed by atoms with Gasteiger partial charge in [-0.3, -0.25) is 14.1 Å². The minimum atomic E-state index is -5.84. The van der Waals surface area contributed by atoms with Crippen molar-refractivity contribution in [3.05, 3.63) is 0 Å². The number of rotatable bonds is 11. The quantitative estimate of drug-likeness (QED) is 0.195. The SMILES string of the molecule is CC(OC(=O)COCC(=O)OC1C2OC(=O)C3C2OC1C3C(=O)OC1(C2CC3CCC2C3)CCCCC1)C(F)(F)S(=O)(=O)O. The summed E-state index contributed by atoms with van der Waals surface area (Å²) in [4.78, 5) is 51.1. The first-order valence-corrected chi connectivity index (χ1v) is 16.6. The Hall–Kier alpha value is -2.43. The summed E-state index contributed by atoms with van der Waals surface area (Å²) in [5.41, 5.74) is -0.587. The highest BCUT2D eigenvalue weighted by Gasteiger charge is 2.72. The van der Waals surface area contributed by atoms with Crippen LogP contribution in [0.1, 0.15) is 64.7 Å². The van der Waals surface area contributed by atoms with Gasteiger partial charge in [-0.25, -0.2) is 9.59 Å². The zero-order chi connectivity index (χ0) is 31.6. The van der Waals surface area contributed by atoms with Gasteiger partial charge in [0.15, 0.2) is 18.3 Å². The molecule has 6 aliphatic rings. The Bertz CT molecular complexity index is 1300. The summed E-state index contributed by atoms with van der Waals surface area (Å²) in [6.07, 6.45) is 2.67. The van der Waals surface area contributed by atoms with Crippen molar-refractivity contribution in [3.8, 4) is 0 Å². The summed E-state index contributed by atoms with van der Waals surface area (Å²) in [7, 11) is -5.84. The van der Waals surface area contributed by atoms with Crippen molar-refractivity contribution in [2.75, 3.05) is 13.2 Å². The van der Waals surface area contributed by atoms with Crippen LogP contribution in [-0.4, -0.2) is 91.4 Å². The zero-order valence-electron chi connectivity index (χ0n) is 24.1. The van der Waals surface area contributed by atoms with Crippen LogP contribution in [0.25, 0.3) is 0 Å². The van der Waals surface area contributed by atoms with Crippen molar-refractivity contribution in [2.24, 2.45) is 29.6 Å². The van der Waals surface area contributed by atoms with Gasteiger partial charge in [0.25, 0.3) is 0 Å². The highest BCUT2D eigenvalue weighted by Crippen LogP contribution is 2.57. The van der Waals surface area contributed by atoms with Crippen LogP contribution in [0.15, 0.2) is 0 Å². The summed E-state index contributed by atoms with van der Waals surface area (Å²) >= 11 is 0. The Morgan fingerprint density at radius 1 is 1.05 bits per heavy atom. The molecule has 1 N–H and O–H groups in total. The second-order valence-corrected chi connectivity index (χ2v) is 14.5. The molecule has 0 radical (unpaired) electrons. The second-order valence-electron chi connectivity index (χ2n) is 13.0. The van der Waals surface area contributed by atoms with E-state index in [0.717, 1.165) is 51.4 Å². The van der Waals surface area contributed by atoms with E-state index in [1.54, 1.807) is 0 Å². The molecule has 3 saturated carbocycles. The fourth-order valence-corrected chi connectivity index (χ4v) is 8.98. The molecule has 0 amide bonds. The Balaban J connectivity index is 1.06. The molecule has 3 heterocycles. The van der Waals surface area contributed by atoms with E-state index < -0.39 is 100 Å². The van der Waals surface area contributed by atoms with Crippen molar-refractivity contribution in [1.82, 2.24) is 0 Å². The van der Waals surface area contributed by atoms with Crippen LogP contribution < -0.4 is 0 Å². The average molecular weight is 651 g/mol. The molecule has 3 aliphatic carbocycles. The van der Waals surface area contributed by atoms with Gasteiger partial charge in [-0.1, -0.05) is 12.8 Å². The van der Waals surface area contributed by atoms with Gasteiger partial charge < -0.3 is 28.4 Å². The number of carbonyl (C=O) groups is 4. The molecule has 0 aromatic rings. The number of hydrogen-bond acceptors (Lipinski definition) is 12. The molecule has 3 saturated heterocycles. The monoisotopic (exact) mass is 650 g/mol. The molecular formula is C28H36F2O13S. The van der Waals surface area contributed by atoms with Crippen LogP contribution >= 0.6 is 0 Å². The molecule has 6 rings (SSSR count). The predicted molar refractivity (Wildman–Crippen MR) is 139 cm³/mol. The third kappa shape index (κ3) is 5.38. The van der Waals surface area contributed by atoms with Crippen LogP contribution in [0, 0.1) is 29.6 Å². The van der Waals surface area contributed by atoms with Crippen LogP contribution in [0.5, 0.6) is 0 Å². The fourth-order valence-electron chi connectivity index (χ4n) is 8.51. The van der Waals surface area contributed by atoms with E-state index in [0.29, 0.717) is 18.8 Å². The number of alkyl halides is 2. The maximum atomic E-state index is 13.9. The molecule has 0 aromatic carbocycles. The van der Waals surface area contributed by atoms with E-state index in [4.69, 9.17) is 28.2 Å². The van der Waals surface area contributed by atoms with E-state index in [9.17, 15) is 36.4 Å². The standard InChI is InChI=1S/C28H36F2O13S/c1-13(28(29,30)44(35,36)37)39-17(31)11-38-12-18(32)40-23-22-20(19-21(41-22)24(23)42-25(19)33)26(34)43-27(7-3-2-4-8-27)16-10-14-5-6-15(16)9-14/h13-16,19-24H,2-12H2,1H3,(H,35,36,37). The number of ether oxygens (including phenoxy) is 6. The molecule has 4 bridgehead atoms. The fraction of sp³-hybridized carbons (Fsp3) is 0.857. The number of hydrogen-bond donors (Lipinski definition) is 1. The van der Waals surface area contributed by atoms with Gasteiger partial charge in [0.1, 0.15) is 42.9 Å². The molecule has 0 aromatic heterocycles. The molecule has 16 heteroatoms. The van der Waals surface area contributed by atoms with Crippen LogP contribution in [-0.2, 0) is 57.7 Å². The van der Waals surface area contributed by atoms with E-state index in [2.05, 4.69) is 4.74 Å². The van der Waals surface area contributed by atoms with Gasteiger partial charge in [0, 0.05) is 5.92 Å². The van der Waals surface area contributed by atoms with Crippen molar-refractivity contribution in [1.29, 1.82) is 0 Å². The molecular weight excluding hydrogens is 614 g/mol. The average Bonchev–Trinajstić information content (AvgIpc) is 3.76. The molecule has 0 spiro atoms. The summed E-state index contributed by atoms with van der Waals surface area (Å²) in [5.74, 6) is -4.06. The third-order valence-corrected chi connectivity index (χ3v) is 11.4. The molecule has 13 nitrogen and oxygen atoms in total. The number of esters is 4. The van der Waals surface area contributed by atoms with Gasteiger partial charge >= 0.3 is 39.2 Å². The van der Waals surface area contributed by atoms with Crippen LogP contribution in [0.4, 0.5) is 8.78 Å². The van der Waals surface area contributed by atoms with Crippen molar-refractivity contribution in [2.45, 2.75) is 106 Å². The van der Waals surface area contributed by atoms with E-state index in [1.807, 2.05) is 0 Å². The lowest BCUT2D eigenvalue weighted by Gasteiger charge is -2.45. The lowest BCUT2D eigenvalue weighted by atomic mass is 9.69. The first-order chi connectivity index (χ1) is 20.7. The van der Waals surface area contributed by atoms with Crippen molar-refractivity contribution >= 4 is 34.0 Å². The van der Waals surface area contributed by atoms with Gasteiger partial charge in [0.2, 0.25) is 0 Å². The Morgan fingerprint density at radius 2 is 1.75 bits per heavy atom. The van der Waals surface area contributed by atoms with Gasteiger partial charge in [-0.2, -0.15) is 17.2 Å². The van der Waals surface area contributed by atoms with E-state index >= 15 is 0 Å². The number of fused-ring (bicyclic) bond motifs is 3. The second kappa shape index (κ2) is 11.4. The first kappa shape index (κ1) is 31.5. The minimum Gasteiger partial charge on any atom is -0.458 e. The van der Waals surface area contributed by atoms with E-state index in [-0.39, 0.29) is 5.92 Å². The van der Waals surface area contributed by atoms with Crippen LogP contribution in [0.3, 0.4) is 0 Å². The predicted octanol–water partition coefficient (Wildman–Crippen LogP) is 1.95. The minimum absolute atomic E-state index is 0.285. The number of halogens is 2. The summed E-state index contributed by atoms with van der Waals surface area (Å²) in [5, 5.41) is -4.76. The normalized spacial score (nSPS) is 37.5. The third-order valence-electron chi connectivity index (χ3n) is 10.4. The zero-order valence-corrected chi connectivity index (χ0v) is 24.9. The van der Waals surface area contributed by atoms with Crippen LogP contribution in [0.2, 0.25) is 0 Å². The summed E-state index contributed by atoms with van der Waals surface area (Å²) in [6.45, 7) is -1.31. The maximum Gasteiger partial charge on any atom is 0.405 e. The topological polar surface area (TPSA) is 178 Å².